The molecule has 3 aromatic rings. The van der Waals surface area contributed by atoms with Crippen molar-refractivity contribution in [2.45, 2.75) is 58.7 Å². The van der Waals surface area contributed by atoms with Crippen LogP contribution in [-0.4, -0.2) is 72.8 Å². The molecule has 1 unspecified atom stereocenters. The van der Waals surface area contributed by atoms with E-state index in [2.05, 4.69) is 10.3 Å². The first-order chi connectivity index (χ1) is 21.0. The smallest absolute Gasteiger partial charge is 0.415 e. The molecule has 0 saturated carbocycles. The van der Waals surface area contributed by atoms with Gasteiger partial charge in [0.05, 0.1) is 12.3 Å². The molecule has 1 saturated heterocycles. The molecule has 44 heavy (non-hydrogen) atoms. The summed E-state index contributed by atoms with van der Waals surface area (Å²) in [5, 5.41) is 3.92. The van der Waals surface area contributed by atoms with Crippen LogP contribution in [0.2, 0.25) is 0 Å². The van der Waals surface area contributed by atoms with Crippen LogP contribution in [0.4, 0.5) is 14.9 Å². The van der Waals surface area contributed by atoms with Crippen molar-refractivity contribution < 1.29 is 33.3 Å². The van der Waals surface area contributed by atoms with Crippen LogP contribution in [0.1, 0.15) is 66.9 Å². The van der Waals surface area contributed by atoms with Crippen LogP contribution in [-0.2, 0) is 15.9 Å². The van der Waals surface area contributed by atoms with Crippen LogP contribution in [0.15, 0.2) is 42.5 Å². The topological polar surface area (TPSA) is 120 Å². The lowest BCUT2D eigenvalue weighted by molar-refractivity contribution is 0.0577. The third-order valence-corrected chi connectivity index (χ3v) is 7.95. The van der Waals surface area contributed by atoms with Crippen LogP contribution in [0.5, 0.6) is 17.2 Å². The molecule has 2 aromatic carbocycles. The number of amides is 3. The van der Waals surface area contributed by atoms with Crippen LogP contribution in [0, 0.1) is 0 Å². The van der Waals surface area contributed by atoms with Gasteiger partial charge < -0.3 is 23.8 Å². The summed E-state index contributed by atoms with van der Waals surface area (Å²) in [5.41, 5.74) is 1.01. The molecule has 1 aromatic heterocycles. The normalized spacial score (nSPS) is 15.1. The average Bonchev–Trinajstić information content (AvgIpc) is 3.34. The minimum atomic E-state index is -0.627. The van der Waals surface area contributed by atoms with Crippen molar-refractivity contribution in [3.05, 3.63) is 59.3 Å². The SMILES string of the molecule is COCC(C)Oc1cc(Oc2ccc(C(=O)N3CCC3)cc2)cc(C(=O)Nc2nc3c(s2)N(C(=O)OC(C)(C)C)CCC3)c1. The molecule has 12 heteroatoms. The third-order valence-electron chi connectivity index (χ3n) is 6.91. The van der Waals surface area contributed by atoms with Gasteiger partial charge in [-0.3, -0.25) is 19.8 Å². The van der Waals surface area contributed by atoms with Gasteiger partial charge >= 0.3 is 6.09 Å². The van der Waals surface area contributed by atoms with E-state index < -0.39 is 17.6 Å². The molecular formula is C32H38N4O7S. The Labute approximate surface area is 261 Å². The fraction of sp³-hybridized carbons (Fsp3) is 0.438. The minimum absolute atomic E-state index is 0.00219. The Balaban J connectivity index is 1.35. The first-order valence-corrected chi connectivity index (χ1v) is 15.5. The molecular weight excluding hydrogens is 584 g/mol. The lowest BCUT2D eigenvalue weighted by atomic mass is 10.1. The van der Waals surface area contributed by atoms with E-state index in [1.54, 1.807) is 59.4 Å². The number of carbonyl (C=O) groups is 3. The number of thiazole rings is 1. The molecule has 2 aliphatic rings. The lowest BCUT2D eigenvalue weighted by Gasteiger charge is -2.30. The number of nitrogens with zero attached hydrogens (tertiary/aromatic N) is 3. The summed E-state index contributed by atoms with van der Waals surface area (Å²) in [6.07, 6.45) is 1.76. The average molecular weight is 623 g/mol. The molecule has 0 bridgehead atoms. The molecule has 234 valence electrons. The second-order valence-corrected chi connectivity index (χ2v) is 12.8. The quantitative estimate of drug-likeness (QED) is 0.303. The number of rotatable bonds is 9. The minimum Gasteiger partial charge on any atom is -0.488 e. The molecule has 0 spiro atoms. The summed E-state index contributed by atoms with van der Waals surface area (Å²) in [6.45, 7) is 9.77. The summed E-state index contributed by atoms with van der Waals surface area (Å²) < 4.78 is 22.9. The molecule has 5 rings (SSSR count). The van der Waals surface area contributed by atoms with E-state index in [9.17, 15) is 14.4 Å². The molecule has 1 N–H and O–H groups in total. The van der Waals surface area contributed by atoms with E-state index in [-0.39, 0.29) is 12.0 Å². The maximum atomic E-state index is 13.5. The van der Waals surface area contributed by atoms with Crippen molar-refractivity contribution >= 4 is 39.4 Å². The van der Waals surface area contributed by atoms with E-state index in [1.807, 2.05) is 27.7 Å². The Morgan fingerprint density at radius 2 is 1.70 bits per heavy atom. The van der Waals surface area contributed by atoms with Crippen molar-refractivity contribution in [2.24, 2.45) is 0 Å². The Kier molecular flexibility index (Phi) is 9.40. The number of nitrogens with one attached hydrogen (secondary N) is 1. The Bertz CT molecular complexity index is 1510. The zero-order valence-electron chi connectivity index (χ0n) is 25.7. The van der Waals surface area contributed by atoms with Crippen molar-refractivity contribution in [2.75, 3.05) is 43.6 Å². The molecule has 0 radical (unpaired) electrons. The third kappa shape index (κ3) is 7.67. The number of hydrogen-bond acceptors (Lipinski definition) is 9. The Morgan fingerprint density at radius 3 is 2.36 bits per heavy atom. The second-order valence-electron chi connectivity index (χ2n) is 11.8. The predicted molar refractivity (Wildman–Crippen MR) is 167 cm³/mol. The van der Waals surface area contributed by atoms with Crippen molar-refractivity contribution in [1.82, 2.24) is 9.88 Å². The zero-order chi connectivity index (χ0) is 31.4. The van der Waals surface area contributed by atoms with Gasteiger partial charge in [0.15, 0.2) is 5.13 Å². The summed E-state index contributed by atoms with van der Waals surface area (Å²) in [6, 6.07) is 11.9. The number of methoxy groups -OCH3 is 1. The molecule has 1 fully saturated rings. The Hall–Kier alpha value is -4.16. The van der Waals surface area contributed by atoms with Gasteiger partial charge in [-0.15, -0.1) is 0 Å². The first kappa shape index (κ1) is 31.3. The maximum absolute atomic E-state index is 13.5. The van der Waals surface area contributed by atoms with Gasteiger partial charge in [-0.2, -0.15) is 0 Å². The van der Waals surface area contributed by atoms with E-state index in [0.29, 0.717) is 58.1 Å². The fourth-order valence-electron chi connectivity index (χ4n) is 4.77. The molecule has 11 nitrogen and oxygen atoms in total. The number of anilines is 2. The largest absolute Gasteiger partial charge is 0.488 e. The van der Waals surface area contributed by atoms with Crippen LogP contribution < -0.4 is 19.7 Å². The number of likely N-dealkylation sites (tertiary alicyclic amines) is 1. The Morgan fingerprint density at radius 1 is 0.977 bits per heavy atom. The van der Waals surface area contributed by atoms with E-state index in [4.69, 9.17) is 18.9 Å². The summed E-state index contributed by atoms with van der Waals surface area (Å²) >= 11 is 1.23. The predicted octanol–water partition coefficient (Wildman–Crippen LogP) is 6.14. The maximum Gasteiger partial charge on any atom is 0.415 e. The monoisotopic (exact) mass is 622 g/mol. The molecule has 3 amide bonds. The number of benzene rings is 2. The van der Waals surface area contributed by atoms with Crippen LogP contribution in [0.3, 0.4) is 0 Å². The summed E-state index contributed by atoms with van der Waals surface area (Å²) in [4.78, 5) is 46.8. The van der Waals surface area contributed by atoms with Crippen LogP contribution in [0.25, 0.3) is 0 Å². The number of aryl methyl sites for hydroxylation is 1. The highest BCUT2D eigenvalue weighted by Crippen LogP contribution is 2.37. The van der Waals surface area contributed by atoms with Gasteiger partial charge in [0.1, 0.15) is 34.0 Å². The molecule has 3 heterocycles. The highest BCUT2D eigenvalue weighted by atomic mass is 32.1. The fourth-order valence-corrected chi connectivity index (χ4v) is 5.80. The van der Waals surface area contributed by atoms with Crippen molar-refractivity contribution in [1.29, 1.82) is 0 Å². The van der Waals surface area contributed by atoms with Crippen LogP contribution >= 0.6 is 11.3 Å². The molecule has 2 aliphatic heterocycles. The van der Waals surface area contributed by atoms with Gasteiger partial charge in [0.25, 0.3) is 11.8 Å². The van der Waals surface area contributed by atoms with Gasteiger partial charge in [0, 0.05) is 43.9 Å². The van der Waals surface area contributed by atoms with Gasteiger partial charge in [-0.25, -0.2) is 9.78 Å². The summed E-state index contributed by atoms with van der Waals surface area (Å²) in [5.74, 6) is 0.908. The zero-order valence-corrected chi connectivity index (χ0v) is 26.5. The number of fused-ring (bicyclic) bond motifs is 1. The number of hydrogen-bond donors (Lipinski definition) is 1. The van der Waals surface area contributed by atoms with Crippen molar-refractivity contribution in [3.63, 3.8) is 0 Å². The lowest BCUT2D eigenvalue weighted by Crippen LogP contribution is -2.41. The van der Waals surface area contributed by atoms with Crippen molar-refractivity contribution in [3.8, 4) is 17.2 Å². The number of carbonyl (C=O) groups excluding carboxylic acids is 3. The molecule has 0 aliphatic carbocycles. The number of ether oxygens (including phenoxy) is 4. The second kappa shape index (κ2) is 13.2. The highest BCUT2D eigenvalue weighted by Gasteiger charge is 2.30. The number of aromatic nitrogens is 1. The van der Waals surface area contributed by atoms with Gasteiger partial charge in [-0.05, 0) is 83.4 Å². The first-order valence-electron chi connectivity index (χ1n) is 14.7. The summed E-state index contributed by atoms with van der Waals surface area (Å²) in [7, 11) is 1.59. The van der Waals surface area contributed by atoms with Gasteiger partial charge in [0.2, 0.25) is 0 Å². The van der Waals surface area contributed by atoms with E-state index in [1.165, 1.54) is 11.3 Å². The van der Waals surface area contributed by atoms with Gasteiger partial charge in [-0.1, -0.05) is 11.3 Å². The molecule has 1 atom stereocenters. The standard InChI is InChI=1S/C32H38N4O7S/c1-20(19-40-5)41-24-16-22(17-25(18-24)42-23-11-9-21(10-12-23)28(38)35-13-7-14-35)27(37)34-30-33-26-8-6-15-36(29(26)44-30)31(39)43-32(2,3)4/h9-12,16-18,20H,6-8,13-15,19H2,1-5H3,(H,33,34,37). The highest BCUT2D eigenvalue weighted by molar-refractivity contribution is 7.20. The van der Waals surface area contributed by atoms with E-state index in [0.717, 1.165) is 31.6 Å². The van der Waals surface area contributed by atoms with E-state index >= 15 is 0 Å².